The summed E-state index contributed by atoms with van der Waals surface area (Å²) in [6, 6.07) is 9.59. The van der Waals surface area contributed by atoms with Gasteiger partial charge in [-0.15, -0.1) is 0 Å². The van der Waals surface area contributed by atoms with Crippen LogP contribution in [0.5, 0.6) is 5.75 Å². The summed E-state index contributed by atoms with van der Waals surface area (Å²) in [7, 11) is 1.30. The molecule has 1 aromatic heterocycles. The van der Waals surface area contributed by atoms with Crippen LogP contribution in [-0.2, 0) is 11.3 Å². The fraction of sp³-hybridized carbons (Fsp3) is 0.286. The molecule has 6 nitrogen and oxygen atoms in total. The number of benzene rings is 1. The molecule has 0 bridgehead atoms. The highest BCUT2D eigenvalue weighted by Gasteiger charge is 2.15. The van der Waals surface area contributed by atoms with Crippen LogP contribution in [0.15, 0.2) is 36.7 Å². The maximum atomic E-state index is 11.4. The number of methoxy groups -OCH3 is 1. The summed E-state index contributed by atoms with van der Waals surface area (Å²) in [4.78, 5) is 15.3. The number of nitrogens with two attached hydrogens (primary N) is 1. The van der Waals surface area contributed by atoms with Gasteiger partial charge in [0.05, 0.1) is 20.0 Å². The van der Waals surface area contributed by atoms with Gasteiger partial charge in [0, 0.05) is 6.54 Å². The minimum absolute atomic E-state index is 0.150. The number of ether oxygens (including phenoxy) is 2. The van der Waals surface area contributed by atoms with Gasteiger partial charge in [-0.3, -0.25) is 0 Å². The van der Waals surface area contributed by atoms with Gasteiger partial charge in [0.2, 0.25) is 0 Å². The molecule has 2 N–H and O–H groups in total. The second kappa shape index (κ2) is 6.60. The lowest BCUT2D eigenvalue weighted by Gasteiger charge is -2.07. The van der Waals surface area contributed by atoms with Gasteiger partial charge >= 0.3 is 5.97 Å². The van der Waals surface area contributed by atoms with E-state index in [1.807, 2.05) is 30.3 Å². The van der Waals surface area contributed by atoms with Crippen molar-refractivity contribution in [3.05, 3.63) is 42.4 Å². The number of hydrogen-bond acceptors (Lipinski definition) is 5. The Kier molecular flexibility index (Phi) is 4.60. The summed E-state index contributed by atoms with van der Waals surface area (Å²) in [5.41, 5.74) is 5.98. The van der Waals surface area contributed by atoms with Gasteiger partial charge in [-0.05, 0) is 18.6 Å². The Morgan fingerprint density at radius 2 is 2.10 bits per heavy atom. The number of aryl methyl sites for hydroxylation is 1. The van der Waals surface area contributed by atoms with Crippen LogP contribution >= 0.6 is 0 Å². The number of carbonyl (C=O) groups excluding carboxylic acids is 1. The van der Waals surface area contributed by atoms with E-state index in [1.165, 1.54) is 13.4 Å². The number of para-hydroxylation sites is 1. The highest BCUT2D eigenvalue weighted by Crippen LogP contribution is 2.12. The molecule has 0 aliphatic carbocycles. The Morgan fingerprint density at radius 3 is 2.80 bits per heavy atom. The van der Waals surface area contributed by atoms with E-state index in [-0.39, 0.29) is 5.69 Å². The quantitative estimate of drug-likeness (QED) is 0.641. The summed E-state index contributed by atoms with van der Waals surface area (Å²) in [6.45, 7) is 1.19. The van der Waals surface area contributed by atoms with Crippen LogP contribution in [-0.4, -0.2) is 29.2 Å². The molecule has 2 rings (SSSR count). The van der Waals surface area contributed by atoms with Crippen molar-refractivity contribution < 1.29 is 14.3 Å². The van der Waals surface area contributed by atoms with E-state index in [9.17, 15) is 4.79 Å². The lowest BCUT2D eigenvalue weighted by atomic mass is 10.3. The largest absolute Gasteiger partial charge is 0.494 e. The van der Waals surface area contributed by atoms with Crippen molar-refractivity contribution in [2.75, 3.05) is 19.5 Å². The molecule has 0 aliphatic heterocycles. The zero-order valence-electron chi connectivity index (χ0n) is 11.3. The lowest BCUT2D eigenvalue weighted by Crippen LogP contribution is -2.10. The molecule has 0 saturated heterocycles. The van der Waals surface area contributed by atoms with Crippen molar-refractivity contribution in [1.82, 2.24) is 9.55 Å². The summed E-state index contributed by atoms with van der Waals surface area (Å²) in [6.07, 6.45) is 2.29. The van der Waals surface area contributed by atoms with Crippen LogP contribution < -0.4 is 10.5 Å². The predicted octanol–water partition coefficient (Wildman–Crippen LogP) is 1.72. The van der Waals surface area contributed by atoms with E-state index in [4.69, 9.17) is 10.5 Å². The van der Waals surface area contributed by atoms with Gasteiger partial charge in [0.25, 0.3) is 0 Å². The number of nitrogen functional groups attached to an aromatic ring is 1. The molecule has 0 radical (unpaired) electrons. The van der Waals surface area contributed by atoms with E-state index in [0.29, 0.717) is 19.0 Å². The molecule has 0 spiro atoms. The van der Waals surface area contributed by atoms with E-state index in [0.717, 1.165) is 12.2 Å². The average Bonchev–Trinajstić information content (AvgIpc) is 2.85. The molecule has 1 aromatic carbocycles. The third kappa shape index (κ3) is 3.28. The molecule has 0 unspecified atom stereocenters. The molecule has 1 heterocycles. The summed E-state index contributed by atoms with van der Waals surface area (Å²) in [5, 5.41) is 0. The van der Waals surface area contributed by atoms with Crippen LogP contribution in [0.25, 0.3) is 0 Å². The number of rotatable bonds is 6. The highest BCUT2D eigenvalue weighted by atomic mass is 16.5. The predicted molar refractivity (Wildman–Crippen MR) is 74.5 cm³/mol. The number of carbonyl (C=O) groups is 1. The van der Waals surface area contributed by atoms with Gasteiger partial charge < -0.3 is 19.8 Å². The highest BCUT2D eigenvalue weighted by molar-refractivity contribution is 5.91. The van der Waals surface area contributed by atoms with Crippen LogP contribution in [0.1, 0.15) is 16.9 Å². The fourth-order valence-corrected chi connectivity index (χ4v) is 1.77. The Balaban J connectivity index is 1.83. The summed E-state index contributed by atoms with van der Waals surface area (Å²) in [5.74, 6) is 0.625. The number of imidazole rings is 1. The smallest absolute Gasteiger partial charge is 0.360 e. The third-order valence-corrected chi connectivity index (χ3v) is 2.81. The molecule has 2 aromatic rings. The molecule has 106 valence electrons. The van der Waals surface area contributed by atoms with Gasteiger partial charge in [-0.25, -0.2) is 9.78 Å². The van der Waals surface area contributed by atoms with Crippen LogP contribution in [0.4, 0.5) is 5.82 Å². The number of nitrogens with zero attached hydrogens (tertiary/aromatic N) is 2. The van der Waals surface area contributed by atoms with Gasteiger partial charge in [-0.2, -0.15) is 0 Å². The number of anilines is 1. The first kappa shape index (κ1) is 13.9. The van der Waals surface area contributed by atoms with Gasteiger partial charge in [0.15, 0.2) is 5.69 Å². The molecule has 6 heteroatoms. The SMILES string of the molecule is COC(=O)c1ncn(CCCOc2ccccc2)c1N. The van der Waals surface area contributed by atoms with Crippen molar-refractivity contribution >= 4 is 11.8 Å². The molecule has 0 aliphatic rings. The lowest BCUT2D eigenvalue weighted by molar-refractivity contribution is 0.0596. The summed E-state index contributed by atoms with van der Waals surface area (Å²) >= 11 is 0. The van der Waals surface area contributed by atoms with E-state index < -0.39 is 5.97 Å². The van der Waals surface area contributed by atoms with Crippen molar-refractivity contribution in [2.24, 2.45) is 0 Å². The monoisotopic (exact) mass is 275 g/mol. The van der Waals surface area contributed by atoms with E-state index >= 15 is 0 Å². The van der Waals surface area contributed by atoms with Crippen LogP contribution in [0.2, 0.25) is 0 Å². The maximum absolute atomic E-state index is 11.4. The number of esters is 1. The zero-order valence-corrected chi connectivity index (χ0v) is 11.3. The topological polar surface area (TPSA) is 79.4 Å². The minimum atomic E-state index is -0.526. The first-order valence-electron chi connectivity index (χ1n) is 6.29. The number of aromatic nitrogens is 2. The fourth-order valence-electron chi connectivity index (χ4n) is 1.77. The zero-order chi connectivity index (χ0) is 14.4. The molecule has 0 saturated carbocycles. The summed E-state index contributed by atoms with van der Waals surface area (Å²) < 4.78 is 11.9. The molecule has 20 heavy (non-hydrogen) atoms. The van der Waals surface area contributed by atoms with Crippen molar-refractivity contribution in [2.45, 2.75) is 13.0 Å². The van der Waals surface area contributed by atoms with Crippen molar-refractivity contribution in [3.63, 3.8) is 0 Å². The number of hydrogen-bond donors (Lipinski definition) is 1. The minimum Gasteiger partial charge on any atom is -0.494 e. The van der Waals surface area contributed by atoms with E-state index in [2.05, 4.69) is 9.72 Å². The first-order chi connectivity index (χ1) is 9.72. The van der Waals surface area contributed by atoms with E-state index in [1.54, 1.807) is 4.57 Å². The normalized spacial score (nSPS) is 10.2. The Bertz CT molecular complexity index is 566. The standard InChI is InChI=1S/C14H17N3O3/c1-19-14(18)12-13(15)17(10-16-12)8-5-9-20-11-6-3-2-4-7-11/h2-4,6-7,10H,5,8-9,15H2,1H3. The Labute approximate surface area is 117 Å². The Hall–Kier alpha value is -2.50. The molecular weight excluding hydrogens is 258 g/mol. The first-order valence-corrected chi connectivity index (χ1v) is 6.29. The van der Waals surface area contributed by atoms with Crippen LogP contribution in [0, 0.1) is 0 Å². The van der Waals surface area contributed by atoms with Crippen molar-refractivity contribution in [1.29, 1.82) is 0 Å². The molecule has 0 amide bonds. The Morgan fingerprint density at radius 1 is 1.35 bits per heavy atom. The van der Waals surface area contributed by atoms with Crippen LogP contribution in [0.3, 0.4) is 0 Å². The molecule has 0 fully saturated rings. The second-order valence-corrected chi connectivity index (χ2v) is 4.18. The third-order valence-electron chi connectivity index (χ3n) is 2.81. The maximum Gasteiger partial charge on any atom is 0.360 e. The molecular formula is C14H17N3O3. The van der Waals surface area contributed by atoms with Crippen molar-refractivity contribution in [3.8, 4) is 5.75 Å². The van der Waals surface area contributed by atoms with Gasteiger partial charge in [-0.1, -0.05) is 18.2 Å². The average molecular weight is 275 g/mol. The molecule has 0 atom stereocenters. The van der Waals surface area contributed by atoms with Gasteiger partial charge in [0.1, 0.15) is 11.6 Å². The second-order valence-electron chi connectivity index (χ2n) is 4.18.